The summed E-state index contributed by atoms with van der Waals surface area (Å²) in [5.41, 5.74) is 0. The molecular weight excluding hydrogens is 1130 g/mol. The summed E-state index contributed by atoms with van der Waals surface area (Å²) in [7, 11) is -9.88. The van der Waals surface area contributed by atoms with Crippen LogP contribution in [0, 0.1) is 5.92 Å². The van der Waals surface area contributed by atoms with Crippen molar-refractivity contribution in [1.29, 1.82) is 0 Å². The van der Waals surface area contributed by atoms with Crippen molar-refractivity contribution in [1.82, 2.24) is 0 Å². The van der Waals surface area contributed by atoms with Gasteiger partial charge in [-0.05, 0) is 31.6 Å². The summed E-state index contributed by atoms with van der Waals surface area (Å²) in [6.07, 6.45) is 44.9. The first-order valence-electron chi connectivity index (χ1n) is 34.6. The van der Waals surface area contributed by atoms with E-state index in [1.54, 1.807) is 0 Å². The van der Waals surface area contributed by atoms with Crippen LogP contribution in [-0.2, 0) is 65.4 Å². The van der Waals surface area contributed by atoms with Gasteiger partial charge in [0.05, 0.1) is 26.4 Å². The molecule has 0 spiro atoms. The number of aliphatic hydroxyl groups is 1. The molecule has 17 nitrogen and oxygen atoms in total. The van der Waals surface area contributed by atoms with Crippen molar-refractivity contribution in [2.45, 2.75) is 355 Å². The van der Waals surface area contributed by atoms with Gasteiger partial charge in [0.25, 0.3) is 0 Å². The molecule has 0 radical (unpaired) electrons. The Morgan fingerprint density at radius 1 is 0.318 bits per heavy atom. The van der Waals surface area contributed by atoms with Crippen molar-refractivity contribution < 1.29 is 80.2 Å². The van der Waals surface area contributed by atoms with Gasteiger partial charge in [-0.1, -0.05) is 285 Å². The Morgan fingerprint density at radius 3 is 0.800 bits per heavy atom. The molecule has 2 unspecified atom stereocenters. The van der Waals surface area contributed by atoms with Gasteiger partial charge in [-0.3, -0.25) is 37.3 Å². The largest absolute Gasteiger partial charge is 0.472 e. The predicted molar refractivity (Wildman–Crippen MR) is 340 cm³/mol. The van der Waals surface area contributed by atoms with Crippen LogP contribution in [0.25, 0.3) is 0 Å². The summed E-state index contributed by atoms with van der Waals surface area (Å²) < 4.78 is 67.8. The van der Waals surface area contributed by atoms with Crippen molar-refractivity contribution in [2.75, 3.05) is 39.6 Å². The number of ether oxygens (including phenoxy) is 4. The van der Waals surface area contributed by atoms with E-state index >= 15 is 0 Å². The van der Waals surface area contributed by atoms with Gasteiger partial charge < -0.3 is 33.8 Å². The topological polar surface area (TPSA) is 237 Å². The number of esters is 4. The van der Waals surface area contributed by atoms with Crippen molar-refractivity contribution >= 4 is 39.5 Å². The van der Waals surface area contributed by atoms with Gasteiger partial charge in [-0.25, -0.2) is 9.13 Å². The fraction of sp³-hybridized carbons (Fsp3) is 0.939. The van der Waals surface area contributed by atoms with Crippen LogP contribution < -0.4 is 0 Å². The Balaban J connectivity index is 5.13. The Morgan fingerprint density at radius 2 is 0.541 bits per heavy atom. The number of rotatable bonds is 66. The maximum absolute atomic E-state index is 13.0. The van der Waals surface area contributed by atoms with E-state index in [2.05, 4.69) is 34.6 Å². The minimum atomic E-state index is -4.94. The first-order valence-corrected chi connectivity index (χ1v) is 37.6. The average molecular weight is 1260 g/mol. The third-order valence-electron chi connectivity index (χ3n) is 15.3. The molecule has 5 atom stereocenters. The third-order valence-corrected chi connectivity index (χ3v) is 17.2. The van der Waals surface area contributed by atoms with Crippen LogP contribution >= 0.6 is 15.6 Å². The molecule has 0 rings (SSSR count). The number of carbonyl (C=O) groups is 4. The number of phosphoric acid groups is 2. The predicted octanol–water partition coefficient (Wildman–Crippen LogP) is 18.6. The summed E-state index contributed by atoms with van der Waals surface area (Å²) in [4.78, 5) is 72.0. The molecule has 0 aromatic heterocycles. The molecule has 0 aliphatic heterocycles. The van der Waals surface area contributed by atoms with Crippen LogP contribution in [0.15, 0.2) is 0 Å². The minimum absolute atomic E-state index is 0.104. The lowest BCUT2D eigenvalue weighted by Crippen LogP contribution is -2.30. The molecule has 19 heteroatoms. The zero-order valence-electron chi connectivity index (χ0n) is 54.7. The highest BCUT2D eigenvalue weighted by Crippen LogP contribution is 2.45. The lowest BCUT2D eigenvalue weighted by Gasteiger charge is -2.21. The summed E-state index contributed by atoms with van der Waals surface area (Å²) in [6, 6.07) is 0. The molecule has 3 N–H and O–H groups in total. The second-order valence-corrected chi connectivity index (χ2v) is 27.2. The smallest absolute Gasteiger partial charge is 0.462 e. The van der Waals surface area contributed by atoms with Gasteiger partial charge in [0, 0.05) is 25.7 Å². The quantitative estimate of drug-likeness (QED) is 0.0222. The van der Waals surface area contributed by atoms with E-state index < -0.39 is 97.5 Å². The second-order valence-electron chi connectivity index (χ2n) is 24.3. The van der Waals surface area contributed by atoms with E-state index in [4.69, 9.17) is 37.0 Å². The van der Waals surface area contributed by atoms with E-state index in [1.807, 2.05) is 0 Å². The molecule has 0 saturated carbocycles. The molecule has 0 heterocycles. The Kier molecular flexibility index (Phi) is 58.3. The van der Waals surface area contributed by atoms with E-state index in [9.17, 15) is 43.2 Å². The monoisotopic (exact) mass is 1250 g/mol. The molecule has 0 aliphatic carbocycles. The van der Waals surface area contributed by atoms with E-state index in [0.29, 0.717) is 25.7 Å². The summed E-state index contributed by atoms with van der Waals surface area (Å²) in [5.74, 6) is -1.34. The summed E-state index contributed by atoms with van der Waals surface area (Å²) >= 11 is 0. The van der Waals surface area contributed by atoms with Crippen molar-refractivity contribution in [3.8, 4) is 0 Å². The molecule has 0 bridgehead atoms. The molecule has 504 valence electrons. The number of hydrogen-bond acceptors (Lipinski definition) is 15. The van der Waals surface area contributed by atoms with Crippen LogP contribution in [0.3, 0.4) is 0 Å². The van der Waals surface area contributed by atoms with Crippen LogP contribution in [0.2, 0.25) is 0 Å². The molecule has 0 aromatic carbocycles. The van der Waals surface area contributed by atoms with Crippen LogP contribution in [0.5, 0.6) is 0 Å². The fourth-order valence-electron chi connectivity index (χ4n) is 9.94. The normalized spacial score (nSPS) is 14.2. The lowest BCUT2D eigenvalue weighted by molar-refractivity contribution is -0.161. The van der Waals surface area contributed by atoms with Gasteiger partial charge in [0.15, 0.2) is 12.2 Å². The second kappa shape index (κ2) is 59.7. The molecule has 0 fully saturated rings. The maximum Gasteiger partial charge on any atom is 0.472 e. The van der Waals surface area contributed by atoms with Crippen LogP contribution in [0.1, 0.15) is 336 Å². The highest BCUT2D eigenvalue weighted by Gasteiger charge is 2.30. The van der Waals surface area contributed by atoms with Gasteiger partial charge in [0.2, 0.25) is 0 Å². The van der Waals surface area contributed by atoms with Gasteiger partial charge >= 0.3 is 39.5 Å². The van der Waals surface area contributed by atoms with Crippen molar-refractivity contribution in [3.63, 3.8) is 0 Å². The SMILES string of the molecule is CCCCCCCCCCCCCCCCC(=O)OC[C@H](COP(=O)(O)OC[C@@H](O)COP(=O)(O)OC[C@@H](COC(=O)CCCCCCC)OC(=O)CCCCCCCCCC)OC(=O)CCCCCCCCCCCCCCCCCC(C)C. The Hall–Kier alpha value is -1.94. The highest BCUT2D eigenvalue weighted by atomic mass is 31.2. The van der Waals surface area contributed by atoms with Crippen molar-refractivity contribution in [2.24, 2.45) is 5.92 Å². The Labute approximate surface area is 517 Å². The zero-order chi connectivity index (χ0) is 62.8. The van der Waals surface area contributed by atoms with Gasteiger partial charge in [-0.2, -0.15) is 0 Å². The molecule has 0 aliphatic rings. The highest BCUT2D eigenvalue weighted by molar-refractivity contribution is 7.47. The summed E-state index contributed by atoms with van der Waals surface area (Å²) in [5, 5.41) is 10.5. The molecule has 0 amide bonds. The first-order chi connectivity index (χ1) is 41.0. The molecule has 85 heavy (non-hydrogen) atoms. The molecule has 0 saturated heterocycles. The molecule has 0 aromatic rings. The van der Waals surface area contributed by atoms with Crippen LogP contribution in [-0.4, -0.2) is 96.7 Å². The van der Waals surface area contributed by atoms with Gasteiger partial charge in [0.1, 0.15) is 19.3 Å². The standard InChI is InChI=1S/C66H128O17P2/c1-6-9-12-15-17-19-20-21-26-29-32-36-40-45-50-64(69)77-56-62(83-66(71)52-47-42-37-33-30-27-24-22-23-25-28-31-34-39-43-48-59(4)5)58-81-85(74,75)79-54-60(67)53-78-84(72,73)80-57-61(55-76-63(68)49-44-38-14-11-8-3)82-65(70)51-46-41-35-18-16-13-10-7-2/h59-62,67H,6-58H2,1-5H3,(H,72,73)(H,74,75)/t60-,61+,62+/m0/s1. The lowest BCUT2D eigenvalue weighted by atomic mass is 10.0. The number of carbonyl (C=O) groups excluding carboxylic acids is 4. The Bertz CT molecular complexity index is 1650. The molecular formula is C66H128O17P2. The maximum atomic E-state index is 13.0. The van der Waals surface area contributed by atoms with E-state index in [-0.39, 0.29) is 25.7 Å². The average Bonchev–Trinajstić information content (AvgIpc) is 3.50. The minimum Gasteiger partial charge on any atom is -0.462 e. The summed E-state index contributed by atoms with van der Waals surface area (Å²) in [6.45, 7) is 7.13. The zero-order valence-corrected chi connectivity index (χ0v) is 56.5. The van der Waals surface area contributed by atoms with Crippen LogP contribution in [0.4, 0.5) is 0 Å². The first kappa shape index (κ1) is 83.1. The number of hydrogen-bond donors (Lipinski definition) is 3. The number of unbranched alkanes of at least 4 members (excludes halogenated alkanes) is 38. The van der Waals surface area contributed by atoms with E-state index in [1.165, 1.54) is 148 Å². The number of phosphoric ester groups is 2. The number of aliphatic hydroxyl groups excluding tert-OH is 1. The third kappa shape index (κ3) is 60.7. The van der Waals surface area contributed by atoms with Gasteiger partial charge in [-0.15, -0.1) is 0 Å². The van der Waals surface area contributed by atoms with E-state index in [0.717, 1.165) is 109 Å². The fourth-order valence-corrected chi connectivity index (χ4v) is 11.5. The van der Waals surface area contributed by atoms with Crippen molar-refractivity contribution in [3.05, 3.63) is 0 Å².